The van der Waals surface area contributed by atoms with Crippen LogP contribution in [0, 0.1) is 0 Å². The highest BCUT2D eigenvalue weighted by molar-refractivity contribution is 7.13. The highest BCUT2D eigenvalue weighted by Gasteiger charge is 2.25. The molecule has 0 N–H and O–H groups in total. The molecule has 0 unspecified atom stereocenters. The minimum Gasteiger partial charge on any atom is -0.366 e. The molecule has 0 bridgehead atoms. The Morgan fingerprint density at radius 2 is 2.09 bits per heavy atom. The van der Waals surface area contributed by atoms with Crippen LogP contribution in [0.2, 0.25) is 0 Å². The van der Waals surface area contributed by atoms with Crippen LogP contribution < -0.4 is 4.90 Å². The van der Waals surface area contributed by atoms with Crippen LogP contribution in [-0.4, -0.2) is 12.0 Å². The second-order valence-electron chi connectivity index (χ2n) is 5.74. The van der Waals surface area contributed by atoms with E-state index < -0.39 is 0 Å². The number of anilines is 1. The minimum absolute atomic E-state index is 0.376. The van der Waals surface area contributed by atoms with Crippen LogP contribution in [0.5, 0.6) is 0 Å². The summed E-state index contributed by atoms with van der Waals surface area (Å²) in [6, 6.07) is 17.7. The molecule has 0 aliphatic carbocycles. The van der Waals surface area contributed by atoms with Gasteiger partial charge in [0.05, 0.1) is 11.7 Å². The van der Waals surface area contributed by atoms with Gasteiger partial charge in [0.25, 0.3) is 0 Å². The average molecular weight is 306 g/mol. The first-order valence-corrected chi connectivity index (χ1v) is 8.51. The highest BCUT2D eigenvalue weighted by atomic mass is 32.1. The molecular weight excluding hydrogens is 288 g/mol. The number of aryl methyl sites for hydroxylation is 1. The molecule has 1 aromatic carbocycles. The zero-order valence-corrected chi connectivity index (χ0v) is 13.4. The SMILES string of the molecule is CN1c2ccc(-c3cccs3)cc2CC[C@H]1c1ccccn1. The van der Waals surface area contributed by atoms with Crippen LogP contribution in [0.3, 0.4) is 0 Å². The topological polar surface area (TPSA) is 16.1 Å². The number of fused-ring (bicyclic) bond motifs is 1. The second-order valence-corrected chi connectivity index (χ2v) is 6.69. The Balaban J connectivity index is 1.68. The van der Waals surface area contributed by atoms with Gasteiger partial charge in [0.1, 0.15) is 0 Å². The summed E-state index contributed by atoms with van der Waals surface area (Å²) in [7, 11) is 2.18. The van der Waals surface area contributed by atoms with Gasteiger partial charge >= 0.3 is 0 Å². The first-order chi connectivity index (χ1) is 10.8. The Bertz CT molecular complexity index is 765. The highest BCUT2D eigenvalue weighted by Crippen LogP contribution is 2.39. The van der Waals surface area contributed by atoms with Crippen LogP contribution in [0.25, 0.3) is 10.4 Å². The molecular formula is C19H18N2S. The second kappa shape index (κ2) is 5.58. The molecule has 0 saturated heterocycles. The van der Waals surface area contributed by atoms with E-state index in [1.807, 2.05) is 12.3 Å². The van der Waals surface area contributed by atoms with Gasteiger partial charge in [-0.25, -0.2) is 0 Å². The van der Waals surface area contributed by atoms with Gasteiger partial charge in [-0.3, -0.25) is 4.98 Å². The predicted molar refractivity (Wildman–Crippen MR) is 93.5 cm³/mol. The molecule has 22 heavy (non-hydrogen) atoms. The maximum Gasteiger partial charge on any atom is 0.0713 e. The van der Waals surface area contributed by atoms with Crippen molar-refractivity contribution in [2.24, 2.45) is 0 Å². The lowest BCUT2D eigenvalue weighted by Gasteiger charge is -2.36. The Kier molecular flexibility index (Phi) is 3.43. The van der Waals surface area contributed by atoms with Gasteiger partial charge in [-0.2, -0.15) is 0 Å². The summed E-state index contributed by atoms with van der Waals surface area (Å²) in [6.45, 7) is 0. The van der Waals surface area contributed by atoms with Crippen molar-refractivity contribution in [1.82, 2.24) is 4.98 Å². The lowest BCUT2D eigenvalue weighted by atomic mass is 9.92. The molecule has 1 atom stereocenters. The molecule has 0 radical (unpaired) electrons. The molecule has 3 heteroatoms. The lowest BCUT2D eigenvalue weighted by molar-refractivity contribution is 0.570. The number of hydrogen-bond donors (Lipinski definition) is 0. The van der Waals surface area contributed by atoms with Gasteiger partial charge in [0.2, 0.25) is 0 Å². The smallest absolute Gasteiger partial charge is 0.0713 e. The molecule has 2 nitrogen and oxygen atoms in total. The van der Waals surface area contributed by atoms with E-state index in [1.165, 1.54) is 21.7 Å². The summed E-state index contributed by atoms with van der Waals surface area (Å²) >= 11 is 1.80. The third-order valence-electron chi connectivity index (χ3n) is 4.45. The summed E-state index contributed by atoms with van der Waals surface area (Å²) in [5.41, 5.74) is 5.28. The monoisotopic (exact) mass is 306 g/mol. The number of aromatic nitrogens is 1. The fourth-order valence-electron chi connectivity index (χ4n) is 3.30. The van der Waals surface area contributed by atoms with E-state index in [2.05, 4.69) is 64.8 Å². The van der Waals surface area contributed by atoms with Crippen LogP contribution in [0.4, 0.5) is 5.69 Å². The number of benzene rings is 1. The zero-order valence-electron chi connectivity index (χ0n) is 12.6. The first-order valence-electron chi connectivity index (χ1n) is 7.63. The van der Waals surface area contributed by atoms with Crippen molar-refractivity contribution in [3.8, 4) is 10.4 Å². The molecule has 2 aromatic heterocycles. The van der Waals surface area contributed by atoms with Crippen LogP contribution in [0.15, 0.2) is 60.1 Å². The maximum absolute atomic E-state index is 4.54. The van der Waals surface area contributed by atoms with Crippen molar-refractivity contribution in [1.29, 1.82) is 0 Å². The third kappa shape index (κ3) is 2.32. The zero-order chi connectivity index (χ0) is 14.9. The summed E-state index contributed by atoms with van der Waals surface area (Å²) in [5, 5.41) is 2.14. The van der Waals surface area contributed by atoms with E-state index in [4.69, 9.17) is 0 Å². The quantitative estimate of drug-likeness (QED) is 0.667. The number of nitrogens with zero attached hydrogens (tertiary/aromatic N) is 2. The Labute approximate surface area is 135 Å². The number of rotatable bonds is 2. The molecule has 3 aromatic rings. The van der Waals surface area contributed by atoms with E-state index in [0.717, 1.165) is 18.5 Å². The predicted octanol–water partition coefficient (Wildman–Crippen LogP) is 4.93. The molecule has 0 spiro atoms. The fourth-order valence-corrected chi connectivity index (χ4v) is 4.02. The number of thiophene rings is 1. The van der Waals surface area contributed by atoms with Crippen molar-refractivity contribution >= 4 is 17.0 Å². The maximum atomic E-state index is 4.54. The molecule has 110 valence electrons. The molecule has 0 saturated carbocycles. The van der Waals surface area contributed by atoms with Crippen molar-refractivity contribution in [3.05, 3.63) is 71.4 Å². The fraction of sp³-hybridized carbons (Fsp3) is 0.211. The first kappa shape index (κ1) is 13.5. The van der Waals surface area contributed by atoms with Crippen molar-refractivity contribution in [2.75, 3.05) is 11.9 Å². The summed E-state index contributed by atoms with van der Waals surface area (Å²) < 4.78 is 0. The average Bonchev–Trinajstić information content (AvgIpc) is 3.10. The Hall–Kier alpha value is -2.13. The summed E-state index contributed by atoms with van der Waals surface area (Å²) in [5.74, 6) is 0. The van der Waals surface area contributed by atoms with Crippen LogP contribution in [0.1, 0.15) is 23.7 Å². The summed E-state index contributed by atoms with van der Waals surface area (Å²) in [4.78, 5) is 8.26. The number of hydrogen-bond acceptors (Lipinski definition) is 3. The Morgan fingerprint density at radius 3 is 2.86 bits per heavy atom. The van der Waals surface area contributed by atoms with Gasteiger partial charge in [-0.15, -0.1) is 11.3 Å². The Morgan fingerprint density at radius 1 is 1.14 bits per heavy atom. The molecule has 4 rings (SSSR count). The molecule has 1 aliphatic heterocycles. The van der Waals surface area contributed by atoms with Crippen LogP contribution in [-0.2, 0) is 6.42 Å². The van der Waals surface area contributed by atoms with Gasteiger partial charge in [-0.1, -0.05) is 18.2 Å². The van der Waals surface area contributed by atoms with E-state index in [9.17, 15) is 0 Å². The van der Waals surface area contributed by atoms with E-state index in [-0.39, 0.29) is 0 Å². The lowest BCUT2D eigenvalue weighted by Crippen LogP contribution is -2.29. The van der Waals surface area contributed by atoms with Gasteiger partial charge in [-0.05, 0) is 59.7 Å². The van der Waals surface area contributed by atoms with Crippen LogP contribution >= 0.6 is 11.3 Å². The van der Waals surface area contributed by atoms with Crippen molar-refractivity contribution in [3.63, 3.8) is 0 Å². The third-order valence-corrected chi connectivity index (χ3v) is 5.37. The molecule has 3 heterocycles. The van der Waals surface area contributed by atoms with Gasteiger partial charge < -0.3 is 4.90 Å². The molecule has 0 fully saturated rings. The normalized spacial score (nSPS) is 17.3. The van der Waals surface area contributed by atoms with Crippen molar-refractivity contribution < 1.29 is 0 Å². The van der Waals surface area contributed by atoms with Crippen molar-refractivity contribution in [2.45, 2.75) is 18.9 Å². The molecule has 1 aliphatic rings. The summed E-state index contributed by atoms with van der Waals surface area (Å²) in [6.07, 6.45) is 4.12. The van der Waals surface area contributed by atoms with Gasteiger partial charge in [0, 0.05) is 23.8 Å². The number of pyridine rings is 1. The standard InChI is InChI=1S/C19H18N2S/c1-21-17-9-8-15(19-6-4-12-22-19)13-14(17)7-10-18(21)16-5-2-3-11-20-16/h2-6,8-9,11-13,18H,7,10H2,1H3/t18-/m0/s1. The minimum atomic E-state index is 0.376. The molecule has 0 amide bonds. The largest absolute Gasteiger partial charge is 0.366 e. The van der Waals surface area contributed by atoms with Gasteiger partial charge in [0.15, 0.2) is 0 Å². The van der Waals surface area contributed by atoms with E-state index >= 15 is 0 Å². The van der Waals surface area contributed by atoms with E-state index in [0.29, 0.717) is 6.04 Å². The van der Waals surface area contributed by atoms with E-state index in [1.54, 1.807) is 11.3 Å².